The molecule has 0 aromatic rings. The summed E-state index contributed by atoms with van der Waals surface area (Å²) < 4.78 is 0. The van der Waals surface area contributed by atoms with Gasteiger partial charge in [0.25, 0.3) is 0 Å². The van der Waals surface area contributed by atoms with Crippen molar-refractivity contribution < 1.29 is 14.7 Å². The minimum atomic E-state index is -0.925. The van der Waals surface area contributed by atoms with Gasteiger partial charge in [-0.2, -0.15) is 0 Å². The van der Waals surface area contributed by atoms with Gasteiger partial charge in [0.1, 0.15) is 6.04 Å². The van der Waals surface area contributed by atoms with Gasteiger partial charge in [0.2, 0.25) is 5.91 Å². The molecule has 1 aliphatic rings. The molecule has 14 heavy (non-hydrogen) atoms. The van der Waals surface area contributed by atoms with Crippen molar-refractivity contribution in [2.75, 3.05) is 0 Å². The zero-order chi connectivity index (χ0) is 10.7. The van der Waals surface area contributed by atoms with Gasteiger partial charge in [-0.15, -0.1) is 0 Å². The second-order valence-corrected chi connectivity index (χ2v) is 4.24. The summed E-state index contributed by atoms with van der Waals surface area (Å²) in [5.74, 6) is -0.300. The molecule has 0 saturated carbocycles. The lowest BCUT2D eigenvalue weighted by molar-refractivity contribution is -0.141. The molecule has 0 spiro atoms. The first-order chi connectivity index (χ1) is 6.50. The van der Waals surface area contributed by atoms with Gasteiger partial charge in [-0.05, 0) is 24.7 Å². The van der Waals surface area contributed by atoms with Gasteiger partial charge in [0.15, 0.2) is 0 Å². The number of carboxylic acid groups (broad SMARTS) is 1. The van der Waals surface area contributed by atoms with Gasteiger partial charge in [-0.3, -0.25) is 4.79 Å². The average Bonchev–Trinajstić information content (AvgIpc) is 2.26. The fourth-order valence-corrected chi connectivity index (χ4v) is 1.83. The molecule has 1 saturated heterocycles. The predicted molar refractivity (Wildman–Crippen MR) is 51.7 cm³/mol. The third-order valence-corrected chi connectivity index (χ3v) is 2.86. The second-order valence-electron chi connectivity index (χ2n) is 4.24. The van der Waals surface area contributed by atoms with E-state index >= 15 is 0 Å². The Morgan fingerprint density at radius 2 is 2.21 bits per heavy atom. The molecule has 2 N–H and O–H groups in total. The molecule has 1 amide bonds. The summed E-state index contributed by atoms with van der Waals surface area (Å²) in [6, 6.07) is -0.697. The van der Waals surface area contributed by atoms with Crippen molar-refractivity contribution >= 4 is 11.9 Å². The summed E-state index contributed by atoms with van der Waals surface area (Å²) in [7, 11) is 0. The van der Waals surface area contributed by atoms with Crippen LogP contribution in [0, 0.1) is 11.8 Å². The van der Waals surface area contributed by atoms with E-state index in [1.807, 2.05) is 0 Å². The normalized spacial score (nSPS) is 28.4. The molecule has 1 fully saturated rings. The van der Waals surface area contributed by atoms with Crippen LogP contribution in [-0.4, -0.2) is 23.0 Å². The van der Waals surface area contributed by atoms with Crippen molar-refractivity contribution in [2.45, 2.75) is 39.2 Å². The van der Waals surface area contributed by atoms with E-state index < -0.39 is 12.0 Å². The third-order valence-electron chi connectivity index (χ3n) is 2.86. The van der Waals surface area contributed by atoms with E-state index in [0.717, 1.165) is 6.42 Å². The van der Waals surface area contributed by atoms with Crippen molar-refractivity contribution in [3.05, 3.63) is 0 Å². The van der Waals surface area contributed by atoms with Gasteiger partial charge in [0.05, 0.1) is 0 Å². The van der Waals surface area contributed by atoms with Crippen LogP contribution in [0.4, 0.5) is 0 Å². The highest BCUT2D eigenvalue weighted by molar-refractivity contribution is 5.83. The molecule has 1 heterocycles. The standard InChI is InChI=1S/C10H17NO3/c1-6(2)7-3-4-9(12)11-8(5-7)10(13)14/h6-8H,3-5H2,1-2H3,(H,11,12)(H,13,14). The molecule has 0 bridgehead atoms. The first-order valence-corrected chi connectivity index (χ1v) is 5.03. The van der Waals surface area contributed by atoms with Crippen LogP contribution < -0.4 is 5.32 Å². The molecule has 4 heteroatoms. The number of rotatable bonds is 2. The highest BCUT2D eigenvalue weighted by Crippen LogP contribution is 2.25. The number of carbonyl (C=O) groups excluding carboxylic acids is 1. The lowest BCUT2D eigenvalue weighted by Crippen LogP contribution is -2.39. The van der Waals surface area contributed by atoms with Gasteiger partial charge in [-0.1, -0.05) is 13.8 Å². The lowest BCUT2D eigenvalue weighted by atomic mass is 9.87. The van der Waals surface area contributed by atoms with Crippen LogP contribution in [0.15, 0.2) is 0 Å². The maximum Gasteiger partial charge on any atom is 0.326 e. The summed E-state index contributed by atoms with van der Waals surface area (Å²) in [4.78, 5) is 22.0. The predicted octanol–water partition coefficient (Wildman–Crippen LogP) is 1.01. The molecule has 0 aliphatic carbocycles. The molecule has 1 rings (SSSR count). The second kappa shape index (κ2) is 4.44. The molecule has 0 aromatic heterocycles. The zero-order valence-electron chi connectivity index (χ0n) is 8.62. The van der Waals surface area contributed by atoms with Crippen LogP contribution in [0.2, 0.25) is 0 Å². The van der Waals surface area contributed by atoms with Crippen LogP contribution in [0.5, 0.6) is 0 Å². The van der Waals surface area contributed by atoms with E-state index in [4.69, 9.17) is 5.11 Å². The highest BCUT2D eigenvalue weighted by atomic mass is 16.4. The van der Waals surface area contributed by atoms with Gasteiger partial charge < -0.3 is 10.4 Å². The van der Waals surface area contributed by atoms with Crippen molar-refractivity contribution in [1.82, 2.24) is 5.32 Å². The summed E-state index contributed by atoms with van der Waals surface area (Å²) in [6.07, 6.45) is 1.80. The van der Waals surface area contributed by atoms with Crippen molar-refractivity contribution in [2.24, 2.45) is 11.8 Å². The van der Waals surface area contributed by atoms with Crippen LogP contribution in [0.3, 0.4) is 0 Å². The number of carboxylic acids is 1. The lowest BCUT2D eigenvalue weighted by Gasteiger charge is -2.20. The van der Waals surface area contributed by atoms with E-state index in [1.54, 1.807) is 0 Å². The molecule has 4 nitrogen and oxygen atoms in total. The Morgan fingerprint density at radius 3 is 2.71 bits per heavy atom. The fourth-order valence-electron chi connectivity index (χ4n) is 1.83. The zero-order valence-corrected chi connectivity index (χ0v) is 8.62. The van der Waals surface area contributed by atoms with Crippen LogP contribution >= 0.6 is 0 Å². The maximum absolute atomic E-state index is 11.2. The summed E-state index contributed by atoms with van der Waals surface area (Å²) in [5.41, 5.74) is 0. The van der Waals surface area contributed by atoms with Crippen LogP contribution in [0.25, 0.3) is 0 Å². The summed E-state index contributed by atoms with van der Waals surface area (Å²) in [6.45, 7) is 4.14. The third kappa shape index (κ3) is 2.72. The van der Waals surface area contributed by atoms with Gasteiger partial charge in [-0.25, -0.2) is 4.79 Å². The van der Waals surface area contributed by atoms with Crippen molar-refractivity contribution in [1.29, 1.82) is 0 Å². The van der Waals surface area contributed by atoms with E-state index in [2.05, 4.69) is 19.2 Å². The topological polar surface area (TPSA) is 66.4 Å². The Labute approximate surface area is 83.7 Å². The summed E-state index contributed by atoms with van der Waals surface area (Å²) >= 11 is 0. The Kier molecular flexibility index (Phi) is 3.49. The molecular weight excluding hydrogens is 182 g/mol. The van der Waals surface area contributed by atoms with Gasteiger partial charge in [0, 0.05) is 6.42 Å². The van der Waals surface area contributed by atoms with Crippen LogP contribution in [-0.2, 0) is 9.59 Å². The van der Waals surface area contributed by atoms with Gasteiger partial charge >= 0.3 is 5.97 Å². The van der Waals surface area contributed by atoms with Crippen molar-refractivity contribution in [3.63, 3.8) is 0 Å². The highest BCUT2D eigenvalue weighted by Gasteiger charge is 2.29. The Balaban J connectivity index is 2.68. The first kappa shape index (κ1) is 11.0. The first-order valence-electron chi connectivity index (χ1n) is 5.03. The number of hydrogen-bond acceptors (Lipinski definition) is 2. The molecule has 0 radical (unpaired) electrons. The van der Waals surface area contributed by atoms with Crippen LogP contribution in [0.1, 0.15) is 33.1 Å². The largest absolute Gasteiger partial charge is 0.480 e. The summed E-state index contributed by atoms with van der Waals surface area (Å²) in [5, 5.41) is 11.4. The molecule has 80 valence electrons. The Morgan fingerprint density at radius 1 is 1.57 bits per heavy atom. The molecular formula is C10H17NO3. The Hall–Kier alpha value is -1.06. The molecule has 2 atom stereocenters. The van der Waals surface area contributed by atoms with E-state index in [0.29, 0.717) is 24.7 Å². The number of nitrogens with one attached hydrogen (secondary N) is 1. The molecule has 0 aromatic carbocycles. The fraction of sp³-hybridized carbons (Fsp3) is 0.800. The number of carbonyl (C=O) groups is 2. The monoisotopic (exact) mass is 199 g/mol. The number of hydrogen-bond donors (Lipinski definition) is 2. The Bertz CT molecular complexity index is 238. The SMILES string of the molecule is CC(C)C1CCC(=O)NC(C(=O)O)C1. The smallest absolute Gasteiger partial charge is 0.326 e. The number of amides is 1. The van der Waals surface area contributed by atoms with E-state index in [-0.39, 0.29) is 5.91 Å². The minimum Gasteiger partial charge on any atom is -0.480 e. The average molecular weight is 199 g/mol. The molecule has 1 aliphatic heterocycles. The van der Waals surface area contributed by atoms with Crippen molar-refractivity contribution in [3.8, 4) is 0 Å². The minimum absolute atomic E-state index is 0.138. The molecule has 2 unspecified atom stereocenters. The maximum atomic E-state index is 11.2. The number of aliphatic carboxylic acids is 1. The quantitative estimate of drug-likeness (QED) is 0.697. The van der Waals surface area contributed by atoms with E-state index in [1.165, 1.54) is 0 Å². The van der Waals surface area contributed by atoms with E-state index in [9.17, 15) is 9.59 Å².